The Morgan fingerprint density at radius 1 is 0.809 bits per heavy atom. The molecule has 0 amide bonds. The SMILES string of the molecule is Cc1ccc(S(=O)(=O)O)cc1.Cc1ccc(S(=O)(=O)O)cc1.Cc1nc(-c2cnc([C@H](N)Cc3c[nH]c4ccccc34)[nH]2)ccc1F. The first-order chi connectivity index (χ1) is 22.1. The predicted octanol–water partition coefficient (Wildman–Crippen LogP) is 6.13. The fourth-order valence-electron chi connectivity index (χ4n) is 4.40. The summed E-state index contributed by atoms with van der Waals surface area (Å²) in [6.07, 6.45) is 4.33. The number of halogens is 1. The van der Waals surface area contributed by atoms with Gasteiger partial charge in [-0.2, -0.15) is 16.8 Å². The van der Waals surface area contributed by atoms with Crippen molar-refractivity contribution < 1.29 is 30.3 Å². The second-order valence-corrected chi connectivity index (χ2v) is 13.5. The summed E-state index contributed by atoms with van der Waals surface area (Å²) >= 11 is 0. The third-order valence-electron chi connectivity index (χ3n) is 7.00. The second kappa shape index (κ2) is 14.8. The predicted molar refractivity (Wildman–Crippen MR) is 177 cm³/mol. The molecule has 0 aliphatic carbocycles. The summed E-state index contributed by atoms with van der Waals surface area (Å²) in [6, 6.07) is 22.9. The van der Waals surface area contributed by atoms with Crippen LogP contribution >= 0.6 is 0 Å². The molecule has 6 N–H and O–H groups in total. The molecule has 0 aliphatic rings. The third kappa shape index (κ3) is 9.64. The topological polar surface area (TPSA) is 192 Å². The molecule has 6 aromatic rings. The number of rotatable bonds is 6. The lowest BCUT2D eigenvalue weighted by Crippen LogP contribution is -2.14. The fraction of sp³-hybridized carbons (Fsp3) is 0.152. The molecule has 0 aliphatic heterocycles. The molecule has 0 spiro atoms. The van der Waals surface area contributed by atoms with Gasteiger partial charge in [0.05, 0.1) is 39.1 Å². The molecule has 0 bridgehead atoms. The quantitative estimate of drug-likeness (QED) is 0.129. The number of aromatic nitrogens is 4. The van der Waals surface area contributed by atoms with Gasteiger partial charge in [-0.3, -0.25) is 9.11 Å². The van der Waals surface area contributed by atoms with E-state index in [9.17, 15) is 21.2 Å². The van der Waals surface area contributed by atoms with Crippen molar-refractivity contribution in [3.8, 4) is 11.4 Å². The summed E-state index contributed by atoms with van der Waals surface area (Å²) in [6.45, 7) is 5.32. The van der Waals surface area contributed by atoms with Gasteiger partial charge < -0.3 is 15.7 Å². The van der Waals surface area contributed by atoms with Crippen molar-refractivity contribution in [2.75, 3.05) is 0 Å². The largest absolute Gasteiger partial charge is 0.361 e. The monoisotopic (exact) mass is 679 g/mol. The number of aryl methyl sites for hydroxylation is 3. The van der Waals surface area contributed by atoms with Gasteiger partial charge in [0.15, 0.2) is 0 Å². The van der Waals surface area contributed by atoms with Crippen LogP contribution < -0.4 is 5.73 Å². The Labute approximate surface area is 272 Å². The number of nitrogens with one attached hydrogen (secondary N) is 2. The average molecular weight is 680 g/mol. The maximum absolute atomic E-state index is 13.4. The lowest BCUT2D eigenvalue weighted by molar-refractivity contribution is 0.481. The number of hydrogen-bond donors (Lipinski definition) is 5. The summed E-state index contributed by atoms with van der Waals surface area (Å²) in [5.74, 6) is 0.364. The summed E-state index contributed by atoms with van der Waals surface area (Å²) in [5.41, 5.74) is 12.2. The van der Waals surface area contributed by atoms with Crippen molar-refractivity contribution in [3.63, 3.8) is 0 Å². The highest BCUT2D eigenvalue weighted by Crippen LogP contribution is 2.24. The fourth-order valence-corrected chi connectivity index (χ4v) is 5.36. The number of H-pyrrole nitrogens is 2. The van der Waals surface area contributed by atoms with E-state index in [4.69, 9.17) is 14.8 Å². The van der Waals surface area contributed by atoms with E-state index in [1.165, 1.54) is 35.7 Å². The van der Waals surface area contributed by atoms with E-state index in [0.29, 0.717) is 23.6 Å². The first-order valence-electron chi connectivity index (χ1n) is 14.2. The number of benzene rings is 3. The molecular formula is C33H34FN5O6S2. The number of nitrogens with zero attached hydrogens (tertiary/aromatic N) is 2. The van der Waals surface area contributed by atoms with Crippen LogP contribution in [0.4, 0.5) is 4.39 Å². The third-order valence-corrected chi connectivity index (χ3v) is 8.73. The highest BCUT2D eigenvalue weighted by molar-refractivity contribution is 7.86. The van der Waals surface area contributed by atoms with E-state index < -0.39 is 20.2 Å². The Balaban J connectivity index is 0.000000188. The number of aromatic amines is 2. The van der Waals surface area contributed by atoms with Crippen molar-refractivity contribution in [2.24, 2.45) is 5.73 Å². The number of nitrogens with two attached hydrogens (primary N) is 1. The minimum atomic E-state index is -4.02. The normalized spacial score (nSPS) is 12.1. The number of pyridine rings is 1. The Morgan fingerprint density at radius 2 is 1.36 bits per heavy atom. The zero-order chi connectivity index (χ0) is 34.4. The number of fused-ring (bicyclic) bond motifs is 1. The molecule has 0 unspecified atom stereocenters. The van der Waals surface area contributed by atoms with Gasteiger partial charge in [-0.05, 0) is 75.2 Å². The first-order valence-corrected chi connectivity index (χ1v) is 17.1. The molecule has 6 rings (SSSR count). The van der Waals surface area contributed by atoms with Crippen LogP contribution in [-0.4, -0.2) is 45.9 Å². The Kier molecular flexibility index (Phi) is 11.1. The van der Waals surface area contributed by atoms with Gasteiger partial charge in [0, 0.05) is 17.1 Å². The molecule has 3 aromatic heterocycles. The van der Waals surface area contributed by atoms with E-state index in [1.54, 1.807) is 43.5 Å². The van der Waals surface area contributed by atoms with Crippen LogP contribution in [0.5, 0.6) is 0 Å². The molecule has 11 nitrogen and oxygen atoms in total. The molecular weight excluding hydrogens is 646 g/mol. The van der Waals surface area contributed by atoms with Crippen molar-refractivity contribution in [1.29, 1.82) is 0 Å². The van der Waals surface area contributed by atoms with Crippen molar-refractivity contribution in [3.05, 3.63) is 131 Å². The summed E-state index contributed by atoms with van der Waals surface area (Å²) in [5, 5.41) is 1.17. The Bertz CT molecular complexity index is 2110. The number of imidazole rings is 1. The van der Waals surface area contributed by atoms with Crippen LogP contribution in [0.1, 0.15) is 34.3 Å². The van der Waals surface area contributed by atoms with Crippen LogP contribution in [0.25, 0.3) is 22.3 Å². The number of para-hydroxylation sites is 1. The average Bonchev–Trinajstić information content (AvgIpc) is 3.67. The van der Waals surface area contributed by atoms with E-state index in [2.05, 4.69) is 26.0 Å². The molecule has 3 aromatic carbocycles. The standard InChI is InChI=1S/C19H18FN5.2C7H8O3S/c1-11-14(20)6-7-17(24-11)18-10-23-19(25-18)15(21)8-12-9-22-16-5-3-2-4-13(12)16;2*1-6-2-4-7(5-3-6)11(8,9)10/h2-7,9-10,15,22H,8,21H2,1H3,(H,23,25);2*2-5H,1H3,(H,8,9,10)/t15-;;/m1../s1. The summed E-state index contributed by atoms with van der Waals surface area (Å²) < 4.78 is 72.5. The minimum Gasteiger partial charge on any atom is -0.361 e. The Hall–Kier alpha value is -4.73. The van der Waals surface area contributed by atoms with Crippen molar-refractivity contribution in [2.45, 2.75) is 43.0 Å². The van der Waals surface area contributed by atoms with E-state index in [1.807, 2.05) is 38.2 Å². The van der Waals surface area contributed by atoms with E-state index >= 15 is 0 Å². The van der Waals surface area contributed by atoms with Gasteiger partial charge in [0.1, 0.15) is 11.6 Å². The molecule has 0 saturated carbocycles. The van der Waals surface area contributed by atoms with Crippen LogP contribution in [0.15, 0.2) is 107 Å². The zero-order valence-electron chi connectivity index (χ0n) is 25.7. The molecule has 47 heavy (non-hydrogen) atoms. The molecule has 0 fully saturated rings. The van der Waals surface area contributed by atoms with Crippen molar-refractivity contribution in [1.82, 2.24) is 19.9 Å². The van der Waals surface area contributed by atoms with Gasteiger partial charge in [-0.1, -0.05) is 53.6 Å². The smallest absolute Gasteiger partial charge is 0.294 e. The number of hydrogen-bond acceptors (Lipinski definition) is 7. The summed E-state index contributed by atoms with van der Waals surface area (Å²) in [4.78, 5) is 14.9. The van der Waals surface area contributed by atoms with Gasteiger partial charge in [-0.25, -0.2) is 14.4 Å². The zero-order valence-corrected chi connectivity index (χ0v) is 27.3. The Morgan fingerprint density at radius 3 is 1.89 bits per heavy atom. The minimum absolute atomic E-state index is 0.0666. The maximum atomic E-state index is 13.4. The van der Waals surface area contributed by atoms with Crippen LogP contribution in [0.2, 0.25) is 0 Å². The molecule has 246 valence electrons. The van der Waals surface area contributed by atoms with Gasteiger partial charge in [0.2, 0.25) is 0 Å². The summed E-state index contributed by atoms with van der Waals surface area (Å²) in [7, 11) is -8.04. The lowest BCUT2D eigenvalue weighted by atomic mass is 10.1. The van der Waals surface area contributed by atoms with Crippen LogP contribution in [-0.2, 0) is 26.7 Å². The van der Waals surface area contributed by atoms with Crippen LogP contribution in [0.3, 0.4) is 0 Å². The van der Waals surface area contributed by atoms with Crippen LogP contribution in [0, 0.1) is 26.6 Å². The van der Waals surface area contributed by atoms with Gasteiger partial charge in [-0.15, -0.1) is 0 Å². The lowest BCUT2D eigenvalue weighted by Gasteiger charge is -2.08. The molecule has 0 radical (unpaired) electrons. The van der Waals surface area contributed by atoms with Crippen molar-refractivity contribution >= 4 is 31.1 Å². The first kappa shape index (κ1) is 35.1. The highest BCUT2D eigenvalue weighted by atomic mass is 32.2. The maximum Gasteiger partial charge on any atom is 0.294 e. The molecule has 14 heteroatoms. The second-order valence-electron chi connectivity index (χ2n) is 10.7. The molecule has 0 saturated heterocycles. The van der Waals surface area contributed by atoms with Gasteiger partial charge >= 0.3 is 0 Å². The van der Waals surface area contributed by atoms with Gasteiger partial charge in [0.25, 0.3) is 20.2 Å². The highest BCUT2D eigenvalue weighted by Gasteiger charge is 2.15. The molecule has 3 heterocycles. The van der Waals surface area contributed by atoms with E-state index in [0.717, 1.165) is 27.9 Å². The molecule has 1 atom stereocenters. The van der Waals surface area contributed by atoms with E-state index in [-0.39, 0.29) is 21.7 Å².